The first-order valence-corrected chi connectivity index (χ1v) is 15.7. The molecule has 220 valence electrons. The van der Waals surface area contributed by atoms with Crippen LogP contribution in [0.2, 0.25) is 0 Å². The van der Waals surface area contributed by atoms with Gasteiger partial charge in [0.2, 0.25) is 0 Å². The Morgan fingerprint density at radius 1 is 0.587 bits per heavy atom. The van der Waals surface area contributed by atoms with Crippen LogP contribution in [-0.2, 0) is 0 Å². The molecule has 0 fully saturated rings. The Balaban J connectivity index is 1.55. The summed E-state index contributed by atoms with van der Waals surface area (Å²) in [5.41, 5.74) is 13.5. The maximum Gasteiger partial charge on any atom is 0.123 e. The monoisotopic (exact) mass is 592 g/mol. The Labute approximate surface area is 269 Å². The number of allylic oxidation sites excluding steroid dienone is 2. The molecule has 7 aromatic rings. The highest BCUT2D eigenvalue weighted by Gasteiger charge is 2.25. The zero-order chi connectivity index (χ0) is 31.0. The highest BCUT2D eigenvalue weighted by atomic mass is 16.3. The van der Waals surface area contributed by atoms with Crippen LogP contribution in [0.3, 0.4) is 0 Å². The molecule has 1 aliphatic carbocycles. The fourth-order valence-electron chi connectivity index (χ4n) is 6.72. The molecule has 0 amide bonds. The van der Waals surface area contributed by atoms with Gasteiger partial charge in [-0.1, -0.05) is 115 Å². The number of hydrogen-bond donors (Lipinski definition) is 1. The Kier molecular flexibility index (Phi) is 6.92. The van der Waals surface area contributed by atoms with Gasteiger partial charge in [-0.15, -0.1) is 0 Å². The van der Waals surface area contributed by atoms with Crippen LogP contribution in [0.15, 0.2) is 146 Å². The number of pyridine rings is 1. The van der Waals surface area contributed by atoms with Crippen molar-refractivity contribution >= 4 is 23.1 Å². The minimum atomic E-state index is 0.260. The predicted molar refractivity (Wildman–Crippen MR) is 192 cm³/mol. The minimum absolute atomic E-state index is 0.260. The number of aryl methyl sites for hydroxylation is 1. The first-order valence-electron chi connectivity index (χ1n) is 15.7. The third-order valence-electron chi connectivity index (χ3n) is 8.89. The number of aromatic nitrogens is 2. The molecule has 46 heavy (non-hydrogen) atoms. The second kappa shape index (κ2) is 11.5. The van der Waals surface area contributed by atoms with Crippen LogP contribution in [0.1, 0.15) is 23.2 Å². The van der Waals surface area contributed by atoms with Crippen molar-refractivity contribution in [1.29, 1.82) is 0 Å². The normalized spacial score (nSPS) is 12.3. The lowest BCUT2D eigenvalue weighted by Gasteiger charge is -2.18. The lowest BCUT2D eigenvalue weighted by atomic mass is 9.90. The minimum Gasteiger partial charge on any atom is -0.507 e. The molecular weight excluding hydrogens is 560 g/mol. The van der Waals surface area contributed by atoms with Gasteiger partial charge in [0.1, 0.15) is 5.75 Å². The molecule has 2 aromatic heterocycles. The second-order valence-corrected chi connectivity index (χ2v) is 11.7. The Morgan fingerprint density at radius 3 is 1.96 bits per heavy atom. The highest BCUT2D eigenvalue weighted by molar-refractivity contribution is 6.08. The van der Waals surface area contributed by atoms with Gasteiger partial charge < -0.3 is 9.67 Å². The highest BCUT2D eigenvalue weighted by Crippen LogP contribution is 2.46. The average molecular weight is 593 g/mol. The summed E-state index contributed by atoms with van der Waals surface area (Å²) >= 11 is 0. The summed E-state index contributed by atoms with van der Waals surface area (Å²) in [5.74, 6) is 0.260. The quantitative estimate of drug-likeness (QED) is 0.216. The summed E-state index contributed by atoms with van der Waals surface area (Å²) in [6.07, 6.45) is 9.82. The lowest BCUT2D eigenvalue weighted by molar-refractivity contribution is 0.477. The molecule has 0 saturated carbocycles. The van der Waals surface area contributed by atoms with E-state index >= 15 is 0 Å². The maximum absolute atomic E-state index is 11.1. The van der Waals surface area contributed by atoms with Gasteiger partial charge >= 0.3 is 0 Å². The first kappa shape index (κ1) is 27.6. The number of aromatic hydroxyl groups is 1. The molecule has 5 aromatic carbocycles. The van der Waals surface area contributed by atoms with Crippen molar-refractivity contribution in [2.45, 2.75) is 13.3 Å². The van der Waals surface area contributed by atoms with Gasteiger partial charge in [-0.2, -0.15) is 0 Å². The van der Waals surface area contributed by atoms with E-state index in [1.807, 2.05) is 30.3 Å². The molecule has 3 nitrogen and oxygen atoms in total. The van der Waals surface area contributed by atoms with Crippen LogP contribution in [0.25, 0.3) is 73.5 Å². The third kappa shape index (κ3) is 4.74. The van der Waals surface area contributed by atoms with Crippen LogP contribution >= 0.6 is 0 Å². The SMILES string of the molecule is Cc1c(-c2ccccc2O)cc(-c2cc(-c3ccccc3)cc(-c3ccccc3)n2)c2c1c1c(n2-c2ccccc2)C=CCC=C1. The van der Waals surface area contributed by atoms with Crippen LogP contribution < -0.4 is 0 Å². The van der Waals surface area contributed by atoms with Gasteiger partial charge in [0.05, 0.1) is 22.6 Å². The van der Waals surface area contributed by atoms with E-state index in [0.717, 1.165) is 79.0 Å². The van der Waals surface area contributed by atoms with E-state index in [1.54, 1.807) is 6.07 Å². The average Bonchev–Trinajstić information content (AvgIpc) is 3.25. The third-order valence-corrected chi connectivity index (χ3v) is 8.89. The predicted octanol–water partition coefficient (Wildman–Crippen LogP) is 11.1. The molecular formula is C43H32N2O. The van der Waals surface area contributed by atoms with Gasteiger partial charge in [-0.3, -0.25) is 0 Å². The molecule has 0 saturated heterocycles. The van der Waals surface area contributed by atoms with E-state index in [-0.39, 0.29) is 5.75 Å². The second-order valence-electron chi connectivity index (χ2n) is 11.7. The topological polar surface area (TPSA) is 38.1 Å². The van der Waals surface area contributed by atoms with Gasteiger partial charge in [0.25, 0.3) is 0 Å². The standard InChI is InChI=1S/C43H32N2O/c1-29-36(34-22-14-15-25-41(34)46)28-37(43-42(29)35-23-12-5-13-24-40(35)45(43)33-20-10-4-11-21-33)39-27-32(30-16-6-2-7-17-30)26-38(44-39)31-18-8-3-9-19-31/h2-4,6-28,46H,5H2,1H3. The molecule has 0 bridgehead atoms. The molecule has 0 unspecified atom stereocenters. The van der Waals surface area contributed by atoms with Crippen molar-refractivity contribution in [2.75, 3.05) is 0 Å². The van der Waals surface area contributed by atoms with Crippen LogP contribution in [-0.4, -0.2) is 14.7 Å². The van der Waals surface area contributed by atoms with Crippen molar-refractivity contribution < 1.29 is 5.11 Å². The molecule has 0 aliphatic heterocycles. The number of nitrogens with zero attached hydrogens (tertiary/aromatic N) is 2. The van der Waals surface area contributed by atoms with E-state index in [2.05, 4.69) is 133 Å². The van der Waals surface area contributed by atoms with Crippen molar-refractivity contribution in [2.24, 2.45) is 0 Å². The number of rotatable bonds is 5. The fraction of sp³-hybridized carbons (Fsp3) is 0.0465. The summed E-state index contributed by atoms with van der Waals surface area (Å²) in [5, 5.41) is 12.3. The largest absolute Gasteiger partial charge is 0.507 e. The van der Waals surface area contributed by atoms with E-state index < -0.39 is 0 Å². The molecule has 0 spiro atoms. The fourth-order valence-corrected chi connectivity index (χ4v) is 6.72. The molecule has 2 heterocycles. The Morgan fingerprint density at radius 2 is 1.22 bits per heavy atom. The number of para-hydroxylation sites is 2. The molecule has 1 N–H and O–H groups in total. The molecule has 8 rings (SSSR count). The molecule has 0 atom stereocenters. The van der Waals surface area contributed by atoms with E-state index in [4.69, 9.17) is 4.98 Å². The number of fused-ring (bicyclic) bond motifs is 3. The van der Waals surface area contributed by atoms with Gasteiger partial charge in [0.15, 0.2) is 0 Å². The summed E-state index contributed by atoms with van der Waals surface area (Å²) < 4.78 is 2.38. The van der Waals surface area contributed by atoms with Crippen LogP contribution in [0.4, 0.5) is 0 Å². The lowest BCUT2D eigenvalue weighted by Crippen LogP contribution is -2.00. The number of phenols is 1. The number of benzene rings is 5. The summed E-state index contributed by atoms with van der Waals surface area (Å²) in [6, 6.07) is 45.7. The smallest absolute Gasteiger partial charge is 0.123 e. The first-order chi connectivity index (χ1) is 22.7. The van der Waals surface area contributed by atoms with E-state index in [0.29, 0.717) is 0 Å². The number of hydrogen-bond acceptors (Lipinski definition) is 2. The van der Waals surface area contributed by atoms with Crippen LogP contribution in [0.5, 0.6) is 5.75 Å². The van der Waals surface area contributed by atoms with Gasteiger partial charge in [0, 0.05) is 33.3 Å². The van der Waals surface area contributed by atoms with Crippen molar-refractivity contribution in [3.8, 4) is 56.2 Å². The Bertz CT molecular complexity index is 2220. The molecule has 1 aliphatic rings. The Hall–Kier alpha value is -5.93. The van der Waals surface area contributed by atoms with Crippen molar-refractivity contribution in [3.63, 3.8) is 0 Å². The van der Waals surface area contributed by atoms with Crippen LogP contribution in [0, 0.1) is 6.92 Å². The molecule has 0 radical (unpaired) electrons. The zero-order valence-corrected chi connectivity index (χ0v) is 25.6. The van der Waals surface area contributed by atoms with E-state index in [1.165, 1.54) is 5.56 Å². The summed E-state index contributed by atoms with van der Waals surface area (Å²) in [7, 11) is 0. The summed E-state index contributed by atoms with van der Waals surface area (Å²) in [6.45, 7) is 2.18. The van der Waals surface area contributed by atoms with Crippen molar-refractivity contribution in [3.05, 3.63) is 162 Å². The maximum atomic E-state index is 11.1. The van der Waals surface area contributed by atoms with E-state index in [9.17, 15) is 5.11 Å². The van der Waals surface area contributed by atoms with Gasteiger partial charge in [-0.25, -0.2) is 4.98 Å². The molecule has 3 heteroatoms. The van der Waals surface area contributed by atoms with Crippen molar-refractivity contribution in [1.82, 2.24) is 9.55 Å². The number of phenolic OH excluding ortho intramolecular Hbond substituents is 1. The zero-order valence-electron chi connectivity index (χ0n) is 25.6. The van der Waals surface area contributed by atoms with Gasteiger partial charge in [-0.05, 0) is 78.1 Å². The summed E-state index contributed by atoms with van der Waals surface area (Å²) in [4.78, 5) is 5.38.